The smallest absolute Gasteiger partial charge is 0.418 e. The van der Waals surface area contributed by atoms with Crippen LogP contribution in [0.3, 0.4) is 0 Å². The summed E-state index contributed by atoms with van der Waals surface area (Å²) in [6.45, 7) is 6.44. The number of rotatable bonds is 10. The summed E-state index contributed by atoms with van der Waals surface area (Å²) in [6.07, 6.45) is 2.78. The first-order valence-electron chi connectivity index (χ1n) is 10.4. The van der Waals surface area contributed by atoms with Crippen LogP contribution < -0.4 is 15.1 Å². The number of nitrogens with zero attached hydrogens (tertiary/aromatic N) is 3. The van der Waals surface area contributed by atoms with Gasteiger partial charge >= 0.3 is 6.09 Å². The highest BCUT2D eigenvalue weighted by Crippen LogP contribution is 2.36. The second-order valence-electron chi connectivity index (χ2n) is 8.22. The molecular weight excluding hydrogens is 480 g/mol. The summed E-state index contributed by atoms with van der Waals surface area (Å²) in [5, 5.41) is 18.6. The molecule has 1 aromatic carbocycles. The normalized spacial score (nSPS) is 11.3. The first kappa shape index (κ1) is 25.5. The Kier molecular flexibility index (Phi) is 8.53. The molecule has 0 fully saturated rings. The molecule has 0 bridgehead atoms. The van der Waals surface area contributed by atoms with Crippen LogP contribution in [0.2, 0.25) is 0 Å². The summed E-state index contributed by atoms with van der Waals surface area (Å²) < 4.78 is 12.2. The van der Waals surface area contributed by atoms with Gasteiger partial charge in [-0.1, -0.05) is 32.1 Å². The fourth-order valence-corrected chi connectivity index (χ4v) is 4.58. The van der Waals surface area contributed by atoms with Crippen molar-refractivity contribution in [1.82, 2.24) is 15.4 Å². The highest BCUT2D eigenvalue weighted by atomic mass is 32.2. The Morgan fingerprint density at radius 1 is 1.21 bits per heavy atom. The number of carboxylic acid groups (broad SMARTS) is 1. The molecule has 0 aliphatic rings. The lowest BCUT2D eigenvalue weighted by atomic mass is 9.94. The fraction of sp³-hybridized carbons (Fsp3) is 0.364. The second kappa shape index (κ2) is 11.4. The number of aromatic nitrogens is 2. The molecule has 2 heterocycles. The summed E-state index contributed by atoms with van der Waals surface area (Å²) in [6, 6.07) is 6.55. The number of benzene rings is 1. The van der Waals surface area contributed by atoms with Gasteiger partial charge in [0.15, 0.2) is 0 Å². The molecule has 12 heteroatoms. The van der Waals surface area contributed by atoms with Crippen LogP contribution in [0.1, 0.15) is 45.3 Å². The third-order valence-electron chi connectivity index (χ3n) is 4.52. The maximum absolute atomic E-state index is 11.9. The number of carbonyl (C=O) groups excluding carboxylic acids is 1. The molecule has 3 N–H and O–H groups in total. The standard InChI is InChI=1S/C22H26N4O6S2/c1-22(2,3)16-11-23-18(32-16)13-33-19-12-24-20(34-19)26(21(28)29)14-6-8-15(9-7-14)31-10-4-5-17(27)25-30/h6-9,11-12,30H,4-5,10,13H2,1-3H3,(H,25,27)(H,28,29). The Morgan fingerprint density at radius 3 is 2.56 bits per heavy atom. The van der Waals surface area contributed by atoms with Crippen molar-refractivity contribution >= 4 is 45.9 Å². The van der Waals surface area contributed by atoms with Crippen molar-refractivity contribution in [3.8, 4) is 5.75 Å². The third-order valence-corrected chi connectivity index (χ3v) is 6.68. The molecule has 182 valence electrons. The van der Waals surface area contributed by atoms with Crippen molar-refractivity contribution in [2.24, 2.45) is 0 Å². The van der Waals surface area contributed by atoms with Crippen molar-refractivity contribution in [3.63, 3.8) is 0 Å². The molecule has 0 radical (unpaired) electrons. The van der Waals surface area contributed by atoms with E-state index in [0.717, 1.165) is 14.9 Å². The molecule has 0 saturated carbocycles. The molecule has 0 unspecified atom stereocenters. The number of amides is 2. The maximum atomic E-state index is 11.9. The number of hydrogen-bond acceptors (Lipinski definition) is 9. The molecule has 34 heavy (non-hydrogen) atoms. The quantitative estimate of drug-likeness (QED) is 0.146. The number of nitrogens with one attached hydrogen (secondary N) is 1. The van der Waals surface area contributed by atoms with E-state index in [9.17, 15) is 14.7 Å². The monoisotopic (exact) mass is 506 g/mol. The van der Waals surface area contributed by atoms with Crippen LogP contribution in [0, 0.1) is 0 Å². The lowest BCUT2D eigenvalue weighted by molar-refractivity contribution is -0.129. The Hall–Kier alpha value is -3.09. The largest absolute Gasteiger partial charge is 0.494 e. The van der Waals surface area contributed by atoms with Gasteiger partial charge in [0.05, 0.1) is 34.6 Å². The summed E-state index contributed by atoms with van der Waals surface area (Å²) in [5.74, 6) is 1.99. The molecule has 2 amide bonds. The van der Waals surface area contributed by atoms with E-state index in [-0.39, 0.29) is 18.4 Å². The highest BCUT2D eigenvalue weighted by molar-refractivity contribution is 8.00. The SMILES string of the molecule is CC(C)(C)c1cnc(CSc2cnc(N(C(=O)O)c3ccc(OCCCC(=O)NO)cc3)s2)o1. The van der Waals surface area contributed by atoms with E-state index in [1.165, 1.54) is 23.1 Å². The van der Waals surface area contributed by atoms with Gasteiger partial charge in [0.25, 0.3) is 0 Å². The van der Waals surface area contributed by atoms with Crippen LogP contribution in [-0.4, -0.2) is 38.9 Å². The molecule has 0 aliphatic carbocycles. The van der Waals surface area contributed by atoms with Gasteiger partial charge in [-0.3, -0.25) is 10.0 Å². The van der Waals surface area contributed by atoms with Crippen molar-refractivity contribution < 1.29 is 29.1 Å². The summed E-state index contributed by atoms with van der Waals surface area (Å²) in [7, 11) is 0. The summed E-state index contributed by atoms with van der Waals surface area (Å²) in [5.41, 5.74) is 1.87. The van der Waals surface area contributed by atoms with Gasteiger partial charge in [0, 0.05) is 11.8 Å². The zero-order valence-corrected chi connectivity index (χ0v) is 20.6. The number of ether oxygens (including phenoxy) is 1. The molecule has 2 aromatic heterocycles. The minimum absolute atomic E-state index is 0.118. The Balaban J connectivity index is 1.60. The molecule has 0 aliphatic heterocycles. The molecule has 10 nitrogen and oxygen atoms in total. The number of carbonyl (C=O) groups is 2. The second-order valence-corrected chi connectivity index (χ2v) is 10.5. The van der Waals surface area contributed by atoms with E-state index >= 15 is 0 Å². The number of thioether (sulfide) groups is 1. The van der Waals surface area contributed by atoms with Gasteiger partial charge in [-0.15, -0.1) is 11.8 Å². The van der Waals surface area contributed by atoms with E-state index < -0.39 is 12.0 Å². The topological polar surface area (TPSA) is 138 Å². The predicted octanol–water partition coefficient (Wildman–Crippen LogP) is 5.20. The van der Waals surface area contributed by atoms with Gasteiger partial charge < -0.3 is 14.3 Å². The number of hydroxylamine groups is 1. The van der Waals surface area contributed by atoms with E-state index in [4.69, 9.17) is 14.4 Å². The minimum atomic E-state index is -1.16. The van der Waals surface area contributed by atoms with Crippen molar-refractivity contribution in [2.45, 2.75) is 49.0 Å². The summed E-state index contributed by atoms with van der Waals surface area (Å²) >= 11 is 2.74. The molecular formula is C22H26N4O6S2. The summed E-state index contributed by atoms with van der Waals surface area (Å²) in [4.78, 5) is 32.6. The number of oxazole rings is 1. The van der Waals surface area contributed by atoms with E-state index in [1.807, 2.05) is 0 Å². The van der Waals surface area contributed by atoms with Crippen LogP contribution in [0.4, 0.5) is 15.6 Å². The fourth-order valence-electron chi connectivity index (χ4n) is 2.75. The molecule has 0 saturated heterocycles. The van der Waals surface area contributed by atoms with Gasteiger partial charge in [-0.2, -0.15) is 0 Å². The van der Waals surface area contributed by atoms with Crippen molar-refractivity contribution in [2.75, 3.05) is 11.5 Å². The zero-order valence-electron chi connectivity index (χ0n) is 19.0. The lowest BCUT2D eigenvalue weighted by Crippen LogP contribution is -2.23. The zero-order chi connectivity index (χ0) is 24.7. The molecule has 0 spiro atoms. The van der Waals surface area contributed by atoms with E-state index in [1.54, 1.807) is 42.1 Å². The number of thiazole rings is 1. The maximum Gasteiger partial charge on any atom is 0.418 e. The predicted molar refractivity (Wildman–Crippen MR) is 128 cm³/mol. The molecule has 3 rings (SSSR count). The van der Waals surface area contributed by atoms with E-state index in [0.29, 0.717) is 34.6 Å². The van der Waals surface area contributed by atoms with Crippen LogP contribution in [0.25, 0.3) is 0 Å². The third kappa shape index (κ3) is 6.95. The number of anilines is 2. The van der Waals surface area contributed by atoms with Crippen LogP contribution >= 0.6 is 23.1 Å². The van der Waals surface area contributed by atoms with Crippen LogP contribution in [0.15, 0.2) is 45.3 Å². The van der Waals surface area contributed by atoms with Crippen molar-refractivity contribution in [3.05, 3.63) is 48.3 Å². The Labute approximate surface area is 204 Å². The lowest BCUT2D eigenvalue weighted by Gasteiger charge is -2.16. The Bertz CT molecular complexity index is 1110. The average molecular weight is 507 g/mol. The Morgan fingerprint density at radius 2 is 1.94 bits per heavy atom. The van der Waals surface area contributed by atoms with Crippen LogP contribution in [0.5, 0.6) is 5.75 Å². The minimum Gasteiger partial charge on any atom is -0.494 e. The first-order chi connectivity index (χ1) is 16.2. The highest BCUT2D eigenvalue weighted by Gasteiger charge is 2.22. The average Bonchev–Trinajstić information content (AvgIpc) is 3.46. The van der Waals surface area contributed by atoms with Gasteiger partial charge in [0.2, 0.25) is 16.9 Å². The molecule has 3 aromatic rings. The van der Waals surface area contributed by atoms with E-state index in [2.05, 4.69) is 30.7 Å². The van der Waals surface area contributed by atoms with Gasteiger partial charge in [0.1, 0.15) is 11.5 Å². The van der Waals surface area contributed by atoms with Crippen molar-refractivity contribution in [1.29, 1.82) is 0 Å². The van der Waals surface area contributed by atoms with Gasteiger partial charge in [-0.05, 0) is 30.7 Å². The first-order valence-corrected chi connectivity index (χ1v) is 12.2. The number of hydrogen-bond donors (Lipinski definition) is 3. The molecule has 0 atom stereocenters. The van der Waals surface area contributed by atoms with Gasteiger partial charge in [-0.25, -0.2) is 25.1 Å². The van der Waals surface area contributed by atoms with Crippen LogP contribution in [-0.2, 0) is 16.0 Å².